The second-order valence-electron chi connectivity index (χ2n) is 6.45. The van der Waals surface area contributed by atoms with E-state index in [4.69, 9.17) is 4.42 Å². The van der Waals surface area contributed by atoms with Crippen LogP contribution < -0.4 is 21.5 Å². The molecule has 9 nitrogen and oxygen atoms in total. The van der Waals surface area contributed by atoms with E-state index in [1.807, 2.05) is 6.92 Å². The van der Waals surface area contributed by atoms with Crippen molar-refractivity contribution in [1.82, 2.24) is 9.88 Å². The Morgan fingerprint density at radius 2 is 1.96 bits per heavy atom. The number of aromatic hydroxyl groups is 1. The van der Waals surface area contributed by atoms with E-state index >= 15 is 0 Å². The average molecular weight is 384 g/mol. The summed E-state index contributed by atoms with van der Waals surface area (Å²) in [6.45, 7) is 1.90. The molecule has 0 bridgehead atoms. The first-order valence-electron chi connectivity index (χ1n) is 8.63. The first-order valence-corrected chi connectivity index (χ1v) is 8.63. The summed E-state index contributed by atoms with van der Waals surface area (Å²) in [6.07, 6.45) is 3.34. The molecule has 9 heteroatoms. The summed E-state index contributed by atoms with van der Waals surface area (Å²) in [5.41, 5.74) is -0.413. The molecule has 3 N–H and O–H groups in total. The Hall–Kier alpha value is -3.62. The largest absolute Gasteiger partial charge is 0.505 e. The van der Waals surface area contributed by atoms with Crippen LogP contribution >= 0.6 is 0 Å². The van der Waals surface area contributed by atoms with Gasteiger partial charge in [-0.2, -0.15) is 0 Å². The van der Waals surface area contributed by atoms with Crippen LogP contribution in [0.1, 0.15) is 35.4 Å². The van der Waals surface area contributed by atoms with Crippen molar-refractivity contribution in [2.45, 2.75) is 19.4 Å². The van der Waals surface area contributed by atoms with E-state index < -0.39 is 10.9 Å². The van der Waals surface area contributed by atoms with E-state index in [1.165, 1.54) is 29.7 Å². The number of nitrogens with zero attached hydrogens (tertiary/aromatic N) is 2. The van der Waals surface area contributed by atoms with Crippen molar-refractivity contribution in [2.75, 3.05) is 24.7 Å². The van der Waals surface area contributed by atoms with Gasteiger partial charge in [0.05, 0.1) is 17.3 Å². The van der Waals surface area contributed by atoms with Gasteiger partial charge in [0.2, 0.25) is 0 Å². The lowest BCUT2D eigenvalue weighted by molar-refractivity contribution is 0.0824. The highest BCUT2D eigenvalue weighted by molar-refractivity contribution is 5.99. The maximum atomic E-state index is 12.2. The number of hydrogen-bond donors (Lipinski definition) is 3. The first-order chi connectivity index (χ1) is 13.3. The molecule has 146 valence electrons. The molecule has 3 aromatic rings. The molecule has 1 atom stereocenters. The van der Waals surface area contributed by atoms with Crippen molar-refractivity contribution >= 4 is 23.0 Å². The van der Waals surface area contributed by atoms with Crippen molar-refractivity contribution < 1.29 is 14.3 Å². The Morgan fingerprint density at radius 1 is 1.25 bits per heavy atom. The molecule has 0 aliphatic rings. The zero-order valence-corrected chi connectivity index (χ0v) is 15.6. The van der Waals surface area contributed by atoms with Gasteiger partial charge in [-0.15, -0.1) is 0 Å². The zero-order chi connectivity index (χ0) is 20.4. The van der Waals surface area contributed by atoms with Crippen LogP contribution in [0.15, 0.2) is 44.9 Å². The summed E-state index contributed by atoms with van der Waals surface area (Å²) < 4.78 is 4.97. The molecule has 28 heavy (non-hydrogen) atoms. The van der Waals surface area contributed by atoms with E-state index in [0.717, 1.165) is 0 Å². The Bertz CT molecular complexity index is 1060. The summed E-state index contributed by atoms with van der Waals surface area (Å²) in [7, 11) is 3.13. The molecule has 3 rings (SSSR count). The monoisotopic (exact) mass is 384 g/mol. The van der Waals surface area contributed by atoms with Gasteiger partial charge in [0.25, 0.3) is 16.8 Å². The SMILES string of the molecule is CCC(Nc1c(Nc2cccc(C(=O)N(C)C)c2O)c(=O)c1=O)c1cocn1. The van der Waals surface area contributed by atoms with Gasteiger partial charge in [-0.05, 0) is 18.6 Å². The number of carbonyl (C=O) groups excluding carboxylic acids is 1. The Kier molecular flexibility index (Phi) is 5.16. The minimum Gasteiger partial charge on any atom is -0.505 e. The van der Waals surface area contributed by atoms with Gasteiger partial charge < -0.3 is 25.1 Å². The summed E-state index contributed by atoms with van der Waals surface area (Å²) >= 11 is 0. The number of amides is 1. The lowest BCUT2D eigenvalue weighted by Gasteiger charge is -2.21. The second kappa shape index (κ2) is 7.55. The lowest BCUT2D eigenvalue weighted by atomic mass is 10.1. The number of rotatable bonds is 7. The van der Waals surface area contributed by atoms with Crippen molar-refractivity contribution in [2.24, 2.45) is 0 Å². The number of nitrogens with one attached hydrogen (secondary N) is 2. The standard InChI is InChI=1S/C19H20N4O5/c1-4-11(13-8-28-9-20-13)21-14-15(18(26)17(14)25)22-12-7-5-6-10(16(12)24)19(27)23(2)3/h5-9,11,21-22,24H,4H2,1-3H3. The van der Waals surface area contributed by atoms with Crippen LogP contribution in [0.25, 0.3) is 0 Å². The van der Waals surface area contributed by atoms with Gasteiger partial charge >= 0.3 is 0 Å². The van der Waals surface area contributed by atoms with E-state index in [0.29, 0.717) is 12.1 Å². The predicted molar refractivity (Wildman–Crippen MR) is 104 cm³/mol. The Balaban J connectivity index is 1.90. The zero-order valence-electron chi connectivity index (χ0n) is 15.6. The van der Waals surface area contributed by atoms with Crippen LogP contribution in [-0.2, 0) is 0 Å². The normalized spacial score (nSPS) is 12.0. The van der Waals surface area contributed by atoms with Gasteiger partial charge in [-0.3, -0.25) is 14.4 Å². The first kappa shape index (κ1) is 19.2. The topological polar surface area (TPSA) is 125 Å². The fourth-order valence-corrected chi connectivity index (χ4v) is 2.79. The number of para-hydroxylation sites is 1. The van der Waals surface area contributed by atoms with Crippen molar-refractivity contribution in [1.29, 1.82) is 0 Å². The third-order valence-corrected chi connectivity index (χ3v) is 4.38. The molecule has 0 aliphatic heterocycles. The fraction of sp³-hybridized carbons (Fsp3) is 0.263. The summed E-state index contributed by atoms with van der Waals surface area (Å²) in [5, 5.41) is 16.2. The third-order valence-electron chi connectivity index (χ3n) is 4.38. The average Bonchev–Trinajstić information content (AvgIpc) is 3.22. The highest BCUT2D eigenvalue weighted by Crippen LogP contribution is 2.33. The number of phenols is 1. The predicted octanol–water partition coefficient (Wildman–Crippen LogP) is 1.98. The fourth-order valence-electron chi connectivity index (χ4n) is 2.79. The van der Waals surface area contributed by atoms with Crippen LogP contribution in [0.2, 0.25) is 0 Å². The molecule has 0 radical (unpaired) electrons. The van der Waals surface area contributed by atoms with Crippen LogP contribution in [0.5, 0.6) is 5.75 Å². The maximum absolute atomic E-state index is 12.2. The minimum atomic E-state index is -0.707. The molecule has 0 spiro atoms. The molecule has 1 amide bonds. The third kappa shape index (κ3) is 3.34. The second-order valence-corrected chi connectivity index (χ2v) is 6.45. The number of aromatic nitrogens is 1. The van der Waals surface area contributed by atoms with Crippen molar-refractivity contribution in [3.05, 3.63) is 62.6 Å². The quantitative estimate of drug-likeness (QED) is 0.417. The lowest BCUT2D eigenvalue weighted by Crippen LogP contribution is -2.37. The molecule has 1 unspecified atom stereocenters. The number of anilines is 3. The van der Waals surface area contributed by atoms with Crippen LogP contribution in [0, 0.1) is 0 Å². The Labute approximate surface area is 160 Å². The molecule has 2 aromatic carbocycles. The molecule has 0 saturated heterocycles. The number of benzene rings is 1. The van der Waals surface area contributed by atoms with E-state index in [-0.39, 0.29) is 40.3 Å². The summed E-state index contributed by atoms with van der Waals surface area (Å²) in [6, 6.07) is 4.23. The number of oxazole rings is 1. The summed E-state index contributed by atoms with van der Waals surface area (Å²) in [4.78, 5) is 41.7. The van der Waals surface area contributed by atoms with Gasteiger partial charge in [0, 0.05) is 14.1 Å². The Morgan fingerprint density at radius 3 is 2.57 bits per heavy atom. The van der Waals surface area contributed by atoms with Crippen molar-refractivity contribution in [3.63, 3.8) is 0 Å². The van der Waals surface area contributed by atoms with Gasteiger partial charge in [-0.1, -0.05) is 13.0 Å². The minimum absolute atomic E-state index is 0.0247. The summed E-state index contributed by atoms with van der Waals surface area (Å²) in [5.74, 6) is -0.690. The van der Waals surface area contributed by atoms with Crippen LogP contribution in [0.3, 0.4) is 0 Å². The molecular weight excluding hydrogens is 364 g/mol. The molecular formula is C19H20N4O5. The smallest absolute Gasteiger partial charge is 0.257 e. The highest BCUT2D eigenvalue weighted by Gasteiger charge is 2.26. The van der Waals surface area contributed by atoms with Gasteiger partial charge in [0.1, 0.15) is 23.3 Å². The maximum Gasteiger partial charge on any atom is 0.257 e. The van der Waals surface area contributed by atoms with E-state index in [9.17, 15) is 19.5 Å². The molecule has 1 aromatic heterocycles. The van der Waals surface area contributed by atoms with Gasteiger partial charge in [0.15, 0.2) is 12.1 Å². The van der Waals surface area contributed by atoms with E-state index in [2.05, 4.69) is 15.6 Å². The number of phenolic OH excluding ortho intramolecular Hbond substituents is 1. The van der Waals surface area contributed by atoms with Crippen LogP contribution in [-0.4, -0.2) is 35.0 Å². The molecule has 1 heterocycles. The van der Waals surface area contributed by atoms with Crippen LogP contribution in [0.4, 0.5) is 17.1 Å². The van der Waals surface area contributed by atoms with Gasteiger partial charge in [-0.25, -0.2) is 4.98 Å². The highest BCUT2D eigenvalue weighted by atomic mass is 16.3. The molecule has 0 fully saturated rings. The number of hydrogen-bond acceptors (Lipinski definition) is 8. The molecule has 0 aliphatic carbocycles. The van der Waals surface area contributed by atoms with Crippen molar-refractivity contribution in [3.8, 4) is 5.75 Å². The molecule has 0 saturated carbocycles. The number of carbonyl (C=O) groups is 1. The van der Waals surface area contributed by atoms with E-state index in [1.54, 1.807) is 20.2 Å².